The highest BCUT2D eigenvalue weighted by molar-refractivity contribution is 5.69. The summed E-state index contributed by atoms with van der Waals surface area (Å²) >= 11 is 0. The molecule has 2 nitrogen and oxygen atoms in total. The minimum absolute atomic E-state index is 0.677. The molecule has 1 aliphatic heterocycles. The lowest BCUT2D eigenvalue weighted by molar-refractivity contribution is 0.422. The molecule has 2 aliphatic rings. The van der Waals surface area contributed by atoms with Crippen LogP contribution in [0.3, 0.4) is 0 Å². The fourth-order valence-corrected chi connectivity index (χ4v) is 2.98. The molecule has 80 valence electrons. The fraction of sp³-hybridized carbons (Fsp3) is 0.538. The lowest BCUT2D eigenvalue weighted by Gasteiger charge is -2.20. The number of rotatable bonds is 0. The summed E-state index contributed by atoms with van der Waals surface area (Å²) in [5, 5.41) is 7.25. The van der Waals surface area contributed by atoms with E-state index >= 15 is 0 Å². The van der Waals surface area contributed by atoms with Gasteiger partial charge in [-0.05, 0) is 36.8 Å². The molecule has 3 rings (SSSR count). The van der Waals surface area contributed by atoms with Gasteiger partial charge in [0.05, 0.1) is 11.4 Å². The third-order valence-electron chi connectivity index (χ3n) is 3.98. The number of nitrogens with one attached hydrogen (secondary N) is 2. The quantitative estimate of drug-likeness (QED) is 0.676. The standard InChI is InChI=1S/C13H18N2/c1-9-6-7-11-10(9)8-14-12-4-2-3-5-13(12)15-11/h2-5,9-11,14-15H,6-8H2,1H3. The molecule has 0 amide bonds. The molecule has 1 aromatic carbocycles. The lowest BCUT2D eigenvalue weighted by atomic mass is 9.95. The Labute approximate surface area is 91.1 Å². The maximum Gasteiger partial charge on any atom is 0.0578 e. The van der Waals surface area contributed by atoms with Crippen LogP contribution in [0.5, 0.6) is 0 Å². The predicted molar refractivity (Wildman–Crippen MR) is 64.2 cm³/mol. The molecule has 3 atom stereocenters. The van der Waals surface area contributed by atoms with Gasteiger partial charge in [0.25, 0.3) is 0 Å². The Morgan fingerprint density at radius 2 is 1.93 bits per heavy atom. The van der Waals surface area contributed by atoms with Crippen LogP contribution >= 0.6 is 0 Å². The smallest absolute Gasteiger partial charge is 0.0578 e. The van der Waals surface area contributed by atoms with Gasteiger partial charge < -0.3 is 10.6 Å². The average Bonchev–Trinajstić information content (AvgIpc) is 2.51. The topological polar surface area (TPSA) is 24.1 Å². The van der Waals surface area contributed by atoms with Crippen molar-refractivity contribution in [3.63, 3.8) is 0 Å². The monoisotopic (exact) mass is 202 g/mol. The normalized spacial score (nSPS) is 33.3. The van der Waals surface area contributed by atoms with Crippen LogP contribution in [-0.4, -0.2) is 12.6 Å². The maximum atomic E-state index is 3.69. The van der Waals surface area contributed by atoms with Crippen molar-refractivity contribution in [2.24, 2.45) is 11.8 Å². The summed E-state index contributed by atoms with van der Waals surface area (Å²) in [4.78, 5) is 0. The highest BCUT2D eigenvalue weighted by atomic mass is 15.0. The summed E-state index contributed by atoms with van der Waals surface area (Å²) < 4.78 is 0. The van der Waals surface area contributed by atoms with E-state index in [1.165, 1.54) is 24.2 Å². The highest BCUT2D eigenvalue weighted by Gasteiger charge is 2.34. The van der Waals surface area contributed by atoms with Gasteiger partial charge in [0.2, 0.25) is 0 Å². The first-order chi connectivity index (χ1) is 7.34. The van der Waals surface area contributed by atoms with E-state index in [9.17, 15) is 0 Å². The van der Waals surface area contributed by atoms with Crippen LogP contribution in [-0.2, 0) is 0 Å². The molecule has 0 bridgehead atoms. The third kappa shape index (κ3) is 1.48. The molecule has 3 unspecified atom stereocenters. The second-order valence-electron chi connectivity index (χ2n) is 4.90. The van der Waals surface area contributed by atoms with Crippen molar-refractivity contribution in [3.8, 4) is 0 Å². The largest absolute Gasteiger partial charge is 0.383 e. The van der Waals surface area contributed by atoms with Gasteiger partial charge in [-0.15, -0.1) is 0 Å². The molecular weight excluding hydrogens is 184 g/mol. The summed E-state index contributed by atoms with van der Waals surface area (Å²) in [6.45, 7) is 3.50. The van der Waals surface area contributed by atoms with Crippen LogP contribution in [0.15, 0.2) is 24.3 Å². The SMILES string of the molecule is CC1CCC2Nc3ccccc3NCC12. The van der Waals surface area contributed by atoms with Crippen molar-refractivity contribution in [2.75, 3.05) is 17.2 Å². The Morgan fingerprint density at radius 1 is 1.13 bits per heavy atom. The summed E-state index contributed by atoms with van der Waals surface area (Å²) in [7, 11) is 0. The van der Waals surface area contributed by atoms with Gasteiger partial charge in [0.1, 0.15) is 0 Å². The Bertz CT molecular complexity index is 361. The van der Waals surface area contributed by atoms with E-state index in [1.54, 1.807) is 0 Å². The molecule has 0 saturated heterocycles. The first-order valence-electron chi connectivity index (χ1n) is 5.94. The van der Waals surface area contributed by atoms with Gasteiger partial charge in [-0.2, -0.15) is 0 Å². The average molecular weight is 202 g/mol. The molecule has 1 aliphatic carbocycles. The van der Waals surface area contributed by atoms with Crippen LogP contribution in [0.1, 0.15) is 19.8 Å². The Kier molecular flexibility index (Phi) is 2.08. The van der Waals surface area contributed by atoms with Gasteiger partial charge in [-0.1, -0.05) is 19.1 Å². The van der Waals surface area contributed by atoms with Crippen LogP contribution in [0, 0.1) is 11.8 Å². The third-order valence-corrected chi connectivity index (χ3v) is 3.98. The maximum absolute atomic E-state index is 3.69. The van der Waals surface area contributed by atoms with E-state index in [1.807, 2.05) is 0 Å². The zero-order chi connectivity index (χ0) is 10.3. The molecule has 1 aromatic rings. The highest BCUT2D eigenvalue weighted by Crippen LogP contribution is 2.37. The Balaban J connectivity index is 1.91. The molecule has 15 heavy (non-hydrogen) atoms. The fourth-order valence-electron chi connectivity index (χ4n) is 2.98. The van der Waals surface area contributed by atoms with Crippen molar-refractivity contribution < 1.29 is 0 Å². The number of para-hydroxylation sites is 2. The zero-order valence-corrected chi connectivity index (χ0v) is 9.16. The summed E-state index contributed by atoms with van der Waals surface area (Å²) in [5.74, 6) is 1.64. The van der Waals surface area contributed by atoms with E-state index in [2.05, 4.69) is 41.8 Å². The predicted octanol–water partition coefficient (Wildman–Crippen LogP) is 2.94. The van der Waals surface area contributed by atoms with Gasteiger partial charge >= 0.3 is 0 Å². The first kappa shape index (κ1) is 9.08. The molecule has 1 saturated carbocycles. The van der Waals surface area contributed by atoms with E-state index in [-0.39, 0.29) is 0 Å². The molecule has 0 radical (unpaired) electrons. The number of fused-ring (bicyclic) bond motifs is 2. The summed E-state index contributed by atoms with van der Waals surface area (Å²) in [5.41, 5.74) is 2.54. The zero-order valence-electron chi connectivity index (χ0n) is 9.16. The van der Waals surface area contributed by atoms with Gasteiger partial charge in [0.15, 0.2) is 0 Å². The second-order valence-corrected chi connectivity index (χ2v) is 4.90. The minimum atomic E-state index is 0.677. The first-order valence-corrected chi connectivity index (χ1v) is 5.94. The second kappa shape index (κ2) is 3.44. The number of hydrogen-bond acceptors (Lipinski definition) is 2. The van der Waals surface area contributed by atoms with E-state index < -0.39 is 0 Å². The van der Waals surface area contributed by atoms with Gasteiger partial charge in [-0.25, -0.2) is 0 Å². The van der Waals surface area contributed by atoms with Crippen LogP contribution < -0.4 is 10.6 Å². The molecule has 1 heterocycles. The van der Waals surface area contributed by atoms with Crippen molar-refractivity contribution in [3.05, 3.63) is 24.3 Å². The summed E-state index contributed by atoms with van der Waals surface area (Å²) in [6, 6.07) is 9.21. The molecule has 2 N–H and O–H groups in total. The number of anilines is 2. The minimum Gasteiger partial charge on any atom is -0.383 e. The number of benzene rings is 1. The van der Waals surface area contributed by atoms with Gasteiger partial charge in [-0.3, -0.25) is 0 Å². The summed E-state index contributed by atoms with van der Waals surface area (Å²) in [6.07, 6.45) is 2.69. The van der Waals surface area contributed by atoms with Crippen LogP contribution in [0.4, 0.5) is 11.4 Å². The van der Waals surface area contributed by atoms with Gasteiger partial charge in [0, 0.05) is 12.6 Å². The molecule has 0 spiro atoms. The Morgan fingerprint density at radius 3 is 2.80 bits per heavy atom. The lowest BCUT2D eigenvalue weighted by Crippen LogP contribution is -2.28. The van der Waals surface area contributed by atoms with E-state index in [0.29, 0.717) is 6.04 Å². The van der Waals surface area contributed by atoms with Crippen molar-refractivity contribution >= 4 is 11.4 Å². The van der Waals surface area contributed by atoms with Crippen molar-refractivity contribution in [1.82, 2.24) is 0 Å². The Hall–Kier alpha value is -1.18. The van der Waals surface area contributed by atoms with Crippen LogP contribution in [0.25, 0.3) is 0 Å². The molecule has 2 heteroatoms. The van der Waals surface area contributed by atoms with E-state index in [0.717, 1.165) is 18.4 Å². The molecule has 0 aromatic heterocycles. The number of hydrogen-bond donors (Lipinski definition) is 2. The molecular formula is C13H18N2. The van der Waals surface area contributed by atoms with Crippen molar-refractivity contribution in [1.29, 1.82) is 0 Å². The van der Waals surface area contributed by atoms with E-state index in [4.69, 9.17) is 0 Å². The van der Waals surface area contributed by atoms with Crippen molar-refractivity contribution in [2.45, 2.75) is 25.8 Å². The van der Waals surface area contributed by atoms with Crippen LogP contribution in [0.2, 0.25) is 0 Å². The molecule has 1 fully saturated rings.